The molecule has 1 N–H and O–H groups in total. The summed E-state index contributed by atoms with van der Waals surface area (Å²) < 4.78 is 5.19. The van der Waals surface area contributed by atoms with Gasteiger partial charge in [-0.25, -0.2) is 0 Å². The molecule has 170 valence electrons. The molecule has 2 aromatic carbocycles. The number of benzene rings is 2. The van der Waals surface area contributed by atoms with Gasteiger partial charge in [-0.2, -0.15) is 0 Å². The van der Waals surface area contributed by atoms with Gasteiger partial charge in [0.2, 0.25) is 0 Å². The highest BCUT2D eigenvalue weighted by molar-refractivity contribution is 6.33. The van der Waals surface area contributed by atoms with E-state index in [1.165, 1.54) is 24.5 Å². The van der Waals surface area contributed by atoms with Crippen LogP contribution in [-0.4, -0.2) is 47.8 Å². The molecule has 1 aliphatic heterocycles. The van der Waals surface area contributed by atoms with Gasteiger partial charge in [0.1, 0.15) is 0 Å². The first kappa shape index (κ1) is 22.3. The number of hydrogen-bond donors (Lipinski definition) is 1. The summed E-state index contributed by atoms with van der Waals surface area (Å²) >= 11 is 6.49. The summed E-state index contributed by atoms with van der Waals surface area (Å²) in [7, 11) is 0. The molecule has 1 aliphatic rings. The van der Waals surface area contributed by atoms with Crippen molar-refractivity contribution in [2.24, 2.45) is 0 Å². The van der Waals surface area contributed by atoms with Gasteiger partial charge < -0.3 is 19.5 Å². The fourth-order valence-electron chi connectivity index (χ4n) is 3.81. The second-order valence-electron chi connectivity index (χ2n) is 7.58. The first-order chi connectivity index (χ1) is 15.8. The Morgan fingerprint density at radius 3 is 2.48 bits per heavy atom. The second kappa shape index (κ2) is 9.33. The Labute approximate surface area is 194 Å². The van der Waals surface area contributed by atoms with E-state index in [-0.39, 0.29) is 17.2 Å². The molecule has 2 amide bonds. The Balaban J connectivity index is 1.42. The lowest BCUT2D eigenvalue weighted by molar-refractivity contribution is -0.385. The fraction of sp³-hybridized carbons (Fsp3) is 0.217. The zero-order valence-corrected chi connectivity index (χ0v) is 18.5. The van der Waals surface area contributed by atoms with Gasteiger partial charge in [0.15, 0.2) is 5.76 Å². The topological polar surface area (TPSA) is 109 Å². The van der Waals surface area contributed by atoms with Crippen LogP contribution < -0.4 is 10.2 Å². The van der Waals surface area contributed by atoms with Crippen molar-refractivity contribution in [3.63, 3.8) is 0 Å². The Kier molecular flexibility index (Phi) is 6.32. The van der Waals surface area contributed by atoms with Crippen LogP contribution in [-0.2, 0) is 0 Å². The van der Waals surface area contributed by atoms with E-state index in [0.29, 0.717) is 48.2 Å². The van der Waals surface area contributed by atoms with Crippen molar-refractivity contribution >= 4 is 40.5 Å². The molecule has 4 rings (SSSR count). The molecule has 0 unspecified atom stereocenters. The van der Waals surface area contributed by atoms with Gasteiger partial charge in [-0.15, -0.1) is 0 Å². The zero-order valence-electron chi connectivity index (χ0n) is 17.8. The molecule has 0 atom stereocenters. The number of piperazine rings is 1. The second-order valence-corrected chi connectivity index (χ2v) is 7.99. The predicted molar refractivity (Wildman–Crippen MR) is 124 cm³/mol. The number of hydrogen-bond acceptors (Lipinski definition) is 6. The van der Waals surface area contributed by atoms with E-state index in [1.54, 1.807) is 36.1 Å². The Morgan fingerprint density at radius 2 is 1.85 bits per heavy atom. The number of furan rings is 1. The summed E-state index contributed by atoms with van der Waals surface area (Å²) in [5, 5.41) is 14.3. The monoisotopic (exact) mass is 468 g/mol. The van der Waals surface area contributed by atoms with Gasteiger partial charge in [0, 0.05) is 49.1 Å². The number of carbonyl (C=O) groups excluding carboxylic acids is 2. The molecule has 0 spiro atoms. The number of nitro groups is 1. The number of rotatable bonds is 5. The highest BCUT2D eigenvalue weighted by atomic mass is 35.5. The van der Waals surface area contributed by atoms with Crippen LogP contribution in [0.3, 0.4) is 0 Å². The van der Waals surface area contributed by atoms with Gasteiger partial charge in [-0.05, 0) is 43.3 Å². The SMILES string of the molecule is Cc1c(C(=O)Nc2ccc(N3CCN(C(=O)c4ccco4)CC3)c(Cl)c2)cccc1[N+](=O)[O-]. The largest absolute Gasteiger partial charge is 0.459 e. The van der Waals surface area contributed by atoms with E-state index < -0.39 is 10.8 Å². The van der Waals surface area contributed by atoms with Crippen molar-refractivity contribution in [2.75, 3.05) is 36.4 Å². The maximum absolute atomic E-state index is 12.7. The maximum atomic E-state index is 12.7. The number of halogens is 1. The number of carbonyl (C=O) groups is 2. The van der Waals surface area contributed by atoms with Crippen LogP contribution >= 0.6 is 11.6 Å². The minimum atomic E-state index is -0.514. The van der Waals surface area contributed by atoms with Gasteiger partial charge in [-0.3, -0.25) is 19.7 Å². The van der Waals surface area contributed by atoms with Crippen LogP contribution in [0.2, 0.25) is 5.02 Å². The highest BCUT2D eigenvalue weighted by Crippen LogP contribution is 2.30. The van der Waals surface area contributed by atoms with Crippen molar-refractivity contribution in [2.45, 2.75) is 6.92 Å². The molecule has 3 aromatic rings. The number of anilines is 2. The first-order valence-electron chi connectivity index (χ1n) is 10.3. The minimum Gasteiger partial charge on any atom is -0.459 e. The Hall–Kier alpha value is -3.85. The van der Waals surface area contributed by atoms with Crippen molar-refractivity contribution < 1.29 is 18.9 Å². The Morgan fingerprint density at radius 1 is 1.09 bits per heavy atom. The van der Waals surface area contributed by atoms with Crippen molar-refractivity contribution in [3.8, 4) is 0 Å². The van der Waals surface area contributed by atoms with E-state index >= 15 is 0 Å². The molecule has 1 saturated heterocycles. The summed E-state index contributed by atoms with van der Waals surface area (Å²) in [5.74, 6) is -0.272. The molecule has 0 saturated carbocycles. The molecule has 0 bridgehead atoms. The molecule has 2 heterocycles. The summed E-state index contributed by atoms with van der Waals surface area (Å²) in [6, 6.07) is 12.9. The molecule has 0 aliphatic carbocycles. The van der Waals surface area contributed by atoms with Crippen LogP contribution in [0, 0.1) is 17.0 Å². The first-order valence-corrected chi connectivity index (χ1v) is 10.7. The summed E-state index contributed by atoms with van der Waals surface area (Å²) in [4.78, 5) is 39.5. The van der Waals surface area contributed by atoms with Gasteiger partial charge in [0.25, 0.3) is 17.5 Å². The molecule has 10 heteroatoms. The van der Waals surface area contributed by atoms with Gasteiger partial charge >= 0.3 is 0 Å². The van der Waals surface area contributed by atoms with Crippen molar-refractivity contribution in [3.05, 3.63) is 86.8 Å². The average molecular weight is 469 g/mol. The number of amides is 2. The average Bonchev–Trinajstić information content (AvgIpc) is 3.34. The predicted octanol–water partition coefficient (Wildman–Crippen LogP) is 4.36. The number of nitro benzene ring substituents is 1. The Bertz CT molecular complexity index is 1200. The standard InChI is InChI=1S/C23H21ClN4O5/c1-15-17(4-2-5-19(15)28(31)32)22(29)25-16-7-8-20(18(24)14-16)26-9-11-27(12-10-26)23(30)21-6-3-13-33-21/h2-8,13-14H,9-12H2,1H3,(H,25,29). The van der Waals surface area contributed by atoms with E-state index in [1.807, 2.05) is 6.07 Å². The quantitative estimate of drug-likeness (QED) is 0.440. The normalized spacial score (nSPS) is 13.6. The number of nitrogens with zero attached hydrogens (tertiary/aromatic N) is 3. The maximum Gasteiger partial charge on any atom is 0.289 e. The molecule has 1 fully saturated rings. The number of nitrogens with one attached hydrogen (secondary N) is 1. The third-order valence-electron chi connectivity index (χ3n) is 5.59. The van der Waals surface area contributed by atoms with Gasteiger partial charge in [-0.1, -0.05) is 17.7 Å². The van der Waals surface area contributed by atoms with Crippen LogP contribution in [0.1, 0.15) is 26.5 Å². The van der Waals surface area contributed by atoms with Crippen molar-refractivity contribution in [1.82, 2.24) is 4.90 Å². The van der Waals surface area contributed by atoms with E-state index in [2.05, 4.69) is 10.2 Å². The lowest BCUT2D eigenvalue weighted by Crippen LogP contribution is -2.48. The third-order valence-corrected chi connectivity index (χ3v) is 5.89. The lowest BCUT2D eigenvalue weighted by atomic mass is 10.1. The molecule has 1 aromatic heterocycles. The zero-order chi connectivity index (χ0) is 23.5. The minimum absolute atomic E-state index is 0.110. The van der Waals surface area contributed by atoms with Gasteiger partial charge in [0.05, 0.1) is 21.9 Å². The molecular formula is C23H21ClN4O5. The smallest absolute Gasteiger partial charge is 0.289 e. The summed E-state index contributed by atoms with van der Waals surface area (Å²) in [5.41, 5.74) is 1.68. The molecule has 0 radical (unpaired) electrons. The van der Waals surface area contributed by atoms with Crippen LogP contribution in [0.4, 0.5) is 17.1 Å². The molecular weight excluding hydrogens is 448 g/mol. The third kappa shape index (κ3) is 4.68. The summed E-state index contributed by atoms with van der Waals surface area (Å²) in [6.07, 6.45) is 1.48. The highest BCUT2D eigenvalue weighted by Gasteiger charge is 2.25. The van der Waals surface area contributed by atoms with Crippen molar-refractivity contribution in [1.29, 1.82) is 0 Å². The molecule has 33 heavy (non-hydrogen) atoms. The van der Waals surface area contributed by atoms with E-state index in [0.717, 1.165) is 5.69 Å². The lowest BCUT2D eigenvalue weighted by Gasteiger charge is -2.36. The van der Waals surface area contributed by atoms with E-state index in [9.17, 15) is 19.7 Å². The summed E-state index contributed by atoms with van der Waals surface area (Å²) in [6.45, 7) is 3.80. The van der Waals surface area contributed by atoms with Crippen LogP contribution in [0.5, 0.6) is 0 Å². The molecule has 9 nitrogen and oxygen atoms in total. The van der Waals surface area contributed by atoms with Crippen LogP contribution in [0.25, 0.3) is 0 Å². The van der Waals surface area contributed by atoms with Crippen LogP contribution in [0.15, 0.2) is 59.2 Å². The fourth-order valence-corrected chi connectivity index (χ4v) is 4.11. The van der Waals surface area contributed by atoms with E-state index in [4.69, 9.17) is 16.0 Å².